The van der Waals surface area contributed by atoms with Crippen molar-refractivity contribution in [3.05, 3.63) is 87.4 Å². The van der Waals surface area contributed by atoms with Crippen molar-refractivity contribution >= 4 is 17.3 Å². The van der Waals surface area contributed by atoms with E-state index in [9.17, 15) is 9.18 Å². The number of aryl methyl sites for hydroxylation is 1. The third-order valence-electron chi connectivity index (χ3n) is 4.44. The summed E-state index contributed by atoms with van der Waals surface area (Å²) in [5.41, 5.74) is 1.98. The van der Waals surface area contributed by atoms with E-state index in [2.05, 4.69) is 0 Å². The largest absolute Gasteiger partial charge is 0.461 e. The summed E-state index contributed by atoms with van der Waals surface area (Å²) >= 11 is 1.61. The van der Waals surface area contributed by atoms with Crippen LogP contribution in [0.1, 0.15) is 34.3 Å². The van der Waals surface area contributed by atoms with Crippen molar-refractivity contribution in [1.29, 1.82) is 0 Å². The number of thiophene rings is 1. The molecular weight excluding hydrogens is 379 g/mol. The van der Waals surface area contributed by atoms with Crippen LogP contribution in [0.25, 0.3) is 0 Å². The molecule has 28 heavy (non-hydrogen) atoms. The topological polar surface area (TPSA) is 44.8 Å². The highest BCUT2D eigenvalue weighted by Crippen LogP contribution is 2.36. The highest BCUT2D eigenvalue weighted by Gasteiger charge is 2.25. The number of hydrogen-bond donors (Lipinski definition) is 0. The van der Waals surface area contributed by atoms with E-state index in [1.165, 1.54) is 12.1 Å². The van der Waals surface area contributed by atoms with Gasteiger partial charge < -0.3 is 14.2 Å². The van der Waals surface area contributed by atoms with Crippen molar-refractivity contribution in [3.63, 3.8) is 0 Å². The number of fused-ring (bicyclic) bond motifs is 1. The smallest absolute Gasteiger partial charge is 0.306 e. The summed E-state index contributed by atoms with van der Waals surface area (Å²) in [5.74, 6) is -0.209. The Morgan fingerprint density at radius 2 is 2.04 bits per heavy atom. The van der Waals surface area contributed by atoms with Gasteiger partial charge >= 0.3 is 5.97 Å². The molecule has 0 radical (unpaired) electrons. The molecule has 3 aromatic rings. The van der Waals surface area contributed by atoms with Crippen LogP contribution in [-0.4, -0.2) is 5.97 Å². The van der Waals surface area contributed by atoms with Gasteiger partial charge in [0, 0.05) is 21.6 Å². The summed E-state index contributed by atoms with van der Waals surface area (Å²) in [4.78, 5) is 13.2. The van der Waals surface area contributed by atoms with E-state index in [0.29, 0.717) is 23.3 Å². The molecule has 4 nitrogen and oxygen atoms in total. The predicted molar refractivity (Wildman–Crippen MR) is 103 cm³/mol. The van der Waals surface area contributed by atoms with Gasteiger partial charge in [-0.3, -0.25) is 4.79 Å². The summed E-state index contributed by atoms with van der Waals surface area (Å²) in [6.45, 7) is 0.191. The lowest BCUT2D eigenvalue weighted by Crippen LogP contribution is -2.20. The summed E-state index contributed by atoms with van der Waals surface area (Å²) in [6.07, 6.45) is 0.347. The molecule has 2 heterocycles. The quantitative estimate of drug-likeness (QED) is 0.537. The maximum Gasteiger partial charge on any atom is 0.306 e. The van der Waals surface area contributed by atoms with Gasteiger partial charge in [-0.15, -0.1) is 11.3 Å². The third-order valence-corrected chi connectivity index (χ3v) is 5.37. The Balaban J connectivity index is 1.44. The molecule has 2 aromatic carbocycles. The molecule has 0 aliphatic carbocycles. The van der Waals surface area contributed by atoms with E-state index < -0.39 is 12.1 Å². The normalized spacial score (nSPS) is 15.5. The maximum atomic E-state index is 14.0. The highest BCUT2D eigenvalue weighted by atomic mass is 32.1. The summed E-state index contributed by atoms with van der Waals surface area (Å²) < 4.78 is 31.0. The van der Waals surface area contributed by atoms with Gasteiger partial charge in [0.1, 0.15) is 18.2 Å². The van der Waals surface area contributed by atoms with Gasteiger partial charge in [-0.05, 0) is 30.0 Å². The fourth-order valence-electron chi connectivity index (χ4n) is 3.07. The number of rotatable bonds is 6. The molecule has 0 unspecified atom stereocenters. The predicted octanol–water partition coefficient (Wildman–Crippen LogP) is 5.17. The average molecular weight is 398 g/mol. The lowest BCUT2D eigenvalue weighted by atomic mass is 10.1. The minimum atomic E-state index is -0.576. The maximum absolute atomic E-state index is 14.0. The van der Waals surface area contributed by atoms with E-state index >= 15 is 0 Å². The Morgan fingerprint density at radius 1 is 1.18 bits per heavy atom. The number of halogens is 1. The van der Waals surface area contributed by atoms with E-state index in [1.807, 2.05) is 47.8 Å². The van der Waals surface area contributed by atoms with Crippen molar-refractivity contribution < 1.29 is 23.4 Å². The highest BCUT2D eigenvalue weighted by molar-refractivity contribution is 7.09. The molecule has 0 bridgehead atoms. The van der Waals surface area contributed by atoms with E-state index in [-0.39, 0.29) is 25.6 Å². The molecule has 1 aromatic heterocycles. The molecule has 0 amide bonds. The first kappa shape index (κ1) is 18.7. The fraction of sp³-hybridized carbons (Fsp3) is 0.227. The van der Waals surface area contributed by atoms with Gasteiger partial charge in [0.15, 0.2) is 0 Å². The Morgan fingerprint density at radius 3 is 2.82 bits per heavy atom. The van der Waals surface area contributed by atoms with Gasteiger partial charge in [0.2, 0.25) is 6.29 Å². The molecule has 1 aliphatic heterocycles. The Kier molecular flexibility index (Phi) is 5.69. The minimum Gasteiger partial charge on any atom is -0.461 e. The molecule has 1 aliphatic rings. The van der Waals surface area contributed by atoms with Gasteiger partial charge in [-0.2, -0.15) is 0 Å². The van der Waals surface area contributed by atoms with Crippen molar-refractivity contribution in [2.24, 2.45) is 0 Å². The lowest BCUT2D eigenvalue weighted by molar-refractivity contribution is -0.145. The van der Waals surface area contributed by atoms with E-state index in [0.717, 1.165) is 10.4 Å². The fourth-order valence-corrected chi connectivity index (χ4v) is 3.78. The van der Waals surface area contributed by atoms with Gasteiger partial charge in [-0.1, -0.05) is 36.4 Å². The van der Waals surface area contributed by atoms with Crippen LogP contribution in [0, 0.1) is 5.82 Å². The number of benzene rings is 2. The Hall–Kier alpha value is -2.70. The van der Waals surface area contributed by atoms with Crippen LogP contribution in [-0.2, 0) is 33.9 Å². The number of esters is 1. The molecule has 144 valence electrons. The van der Waals surface area contributed by atoms with Crippen molar-refractivity contribution in [2.45, 2.75) is 32.3 Å². The SMILES string of the molecule is O=C(CCc1cccs1)OCc1cc(F)cc2c1O[C@H](c1ccccc1)OC2. The molecular formula is C22H19FO4S. The second-order valence-corrected chi connectivity index (χ2v) is 7.50. The molecule has 4 rings (SSSR count). The Labute approximate surface area is 166 Å². The monoisotopic (exact) mass is 398 g/mol. The zero-order chi connectivity index (χ0) is 19.3. The minimum absolute atomic E-state index is 0.0368. The van der Waals surface area contributed by atoms with Crippen LogP contribution < -0.4 is 4.74 Å². The van der Waals surface area contributed by atoms with Crippen LogP contribution in [0.2, 0.25) is 0 Å². The molecule has 6 heteroatoms. The first-order chi connectivity index (χ1) is 13.7. The first-order valence-electron chi connectivity index (χ1n) is 9.01. The second-order valence-electron chi connectivity index (χ2n) is 6.46. The number of ether oxygens (including phenoxy) is 3. The molecule has 1 atom stereocenters. The molecule has 0 spiro atoms. The summed E-state index contributed by atoms with van der Waals surface area (Å²) in [6, 6.07) is 16.2. The number of carbonyl (C=O) groups is 1. The molecule has 0 N–H and O–H groups in total. The van der Waals surface area contributed by atoms with Crippen LogP contribution in [0.15, 0.2) is 60.0 Å². The second kappa shape index (κ2) is 8.54. The average Bonchev–Trinajstić information content (AvgIpc) is 3.24. The Bertz CT molecular complexity index is 941. The van der Waals surface area contributed by atoms with E-state index in [1.54, 1.807) is 11.3 Å². The number of carbonyl (C=O) groups excluding carboxylic acids is 1. The zero-order valence-electron chi connectivity index (χ0n) is 15.1. The lowest BCUT2D eigenvalue weighted by Gasteiger charge is -2.28. The standard InChI is InChI=1S/C22H19FO4S/c23-18-11-16(13-25-20(24)9-8-19-7-4-10-28-19)21-17(12-18)14-26-22(27-21)15-5-2-1-3-6-15/h1-7,10-12,22H,8-9,13-14H2/t22-/m1/s1. The molecule has 0 saturated carbocycles. The van der Waals surface area contributed by atoms with Gasteiger partial charge in [0.25, 0.3) is 0 Å². The number of hydrogen-bond acceptors (Lipinski definition) is 5. The van der Waals surface area contributed by atoms with Gasteiger partial charge in [-0.25, -0.2) is 4.39 Å². The molecule has 0 saturated heterocycles. The van der Waals surface area contributed by atoms with E-state index in [4.69, 9.17) is 14.2 Å². The van der Waals surface area contributed by atoms with Crippen LogP contribution in [0.5, 0.6) is 5.75 Å². The van der Waals surface area contributed by atoms with Crippen LogP contribution in [0.3, 0.4) is 0 Å². The first-order valence-corrected chi connectivity index (χ1v) is 9.89. The van der Waals surface area contributed by atoms with Crippen LogP contribution >= 0.6 is 11.3 Å². The summed E-state index contributed by atoms with van der Waals surface area (Å²) in [7, 11) is 0. The van der Waals surface area contributed by atoms with Crippen molar-refractivity contribution in [1.82, 2.24) is 0 Å². The summed E-state index contributed by atoms with van der Waals surface area (Å²) in [5, 5.41) is 1.97. The third kappa shape index (κ3) is 4.40. The molecule has 0 fully saturated rings. The van der Waals surface area contributed by atoms with Crippen molar-refractivity contribution in [3.8, 4) is 5.75 Å². The van der Waals surface area contributed by atoms with Crippen molar-refractivity contribution in [2.75, 3.05) is 0 Å². The zero-order valence-corrected chi connectivity index (χ0v) is 15.9. The van der Waals surface area contributed by atoms with Crippen LogP contribution in [0.4, 0.5) is 4.39 Å². The van der Waals surface area contributed by atoms with Gasteiger partial charge in [0.05, 0.1) is 13.0 Å².